The van der Waals surface area contributed by atoms with Gasteiger partial charge in [0.2, 0.25) is 0 Å². The van der Waals surface area contributed by atoms with E-state index in [-0.39, 0.29) is 47.4 Å². The van der Waals surface area contributed by atoms with Crippen LogP contribution in [0.5, 0.6) is 0 Å². The lowest BCUT2D eigenvalue weighted by atomic mass is 9.88. The topological polar surface area (TPSA) is 72.3 Å². The Bertz CT molecular complexity index is 1320. The van der Waals surface area contributed by atoms with Crippen LogP contribution in [0.3, 0.4) is 0 Å². The number of rotatable bonds is 5. The molecule has 1 saturated heterocycles. The van der Waals surface area contributed by atoms with E-state index in [1.807, 2.05) is 19.1 Å². The summed E-state index contributed by atoms with van der Waals surface area (Å²) in [5.41, 5.74) is 1.63. The minimum absolute atomic E-state index is 0.0301. The largest absolute Gasteiger partial charge is 0.416 e. The van der Waals surface area contributed by atoms with E-state index in [9.17, 15) is 27.6 Å². The molecule has 1 aromatic heterocycles. The van der Waals surface area contributed by atoms with Crippen molar-refractivity contribution >= 4 is 17.5 Å². The third-order valence-corrected chi connectivity index (χ3v) is 6.62. The molecule has 0 aliphatic carbocycles. The molecule has 1 amide bonds. The third kappa shape index (κ3) is 4.96. The standard InChI is InChI=1S/C27H26F3N3O3/c1-16-7-9-19(10-8-16)24(34)20-11-13-32(14-12-20)26(36)25(35)23-17(2)31-33(18(23)3)22-6-4-5-21(15-22)27(28,29)30/h4-10,15,20H,11-14H2,1-3H3. The van der Waals surface area contributed by atoms with Crippen molar-refractivity contribution in [3.8, 4) is 5.69 Å². The van der Waals surface area contributed by atoms with Crippen molar-refractivity contribution in [2.75, 3.05) is 13.1 Å². The monoisotopic (exact) mass is 497 g/mol. The lowest BCUT2D eigenvalue weighted by molar-refractivity contribution is -0.137. The van der Waals surface area contributed by atoms with Crippen LogP contribution in [-0.2, 0) is 11.0 Å². The van der Waals surface area contributed by atoms with Gasteiger partial charge in [-0.2, -0.15) is 18.3 Å². The maximum absolute atomic E-state index is 13.1. The second-order valence-corrected chi connectivity index (χ2v) is 9.13. The van der Waals surface area contributed by atoms with Gasteiger partial charge in [0, 0.05) is 24.6 Å². The summed E-state index contributed by atoms with van der Waals surface area (Å²) in [5, 5.41) is 4.24. The number of amides is 1. The predicted molar refractivity (Wildman–Crippen MR) is 127 cm³/mol. The number of likely N-dealkylation sites (tertiary alicyclic amines) is 1. The highest BCUT2D eigenvalue weighted by Crippen LogP contribution is 2.31. The van der Waals surface area contributed by atoms with Crippen LogP contribution in [0.25, 0.3) is 5.69 Å². The van der Waals surface area contributed by atoms with Gasteiger partial charge >= 0.3 is 6.18 Å². The van der Waals surface area contributed by atoms with Crippen molar-refractivity contribution in [3.05, 3.63) is 82.2 Å². The highest BCUT2D eigenvalue weighted by molar-refractivity contribution is 6.43. The van der Waals surface area contributed by atoms with Crippen LogP contribution < -0.4 is 0 Å². The molecular formula is C27H26F3N3O3. The lowest BCUT2D eigenvalue weighted by Crippen LogP contribution is -2.43. The van der Waals surface area contributed by atoms with Crippen LogP contribution in [-0.4, -0.2) is 45.2 Å². The second kappa shape index (κ2) is 9.72. The molecule has 4 rings (SSSR count). The molecule has 9 heteroatoms. The van der Waals surface area contributed by atoms with Gasteiger partial charge in [0.25, 0.3) is 11.7 Å². The number of aromatic nitrogens is 2. The van der Waals surface area contributed by atoms with Crippen molar-refractivity contribution in [2.24, 2.45) is 5.92 Å². The first-order valence-corrected chi connectivity index (χ1v) is 11.7. The molecule has 2 aromatic carbocycles. The molecule has 3 aromatic rings. The Morgan fingerprint density at radius 3 is 2.19 bits per heavy atom. The first-order valence-electron chi connectivity index (χ1n) is 11.7. The zero-order valence-electron chi connectivity index (χ0n) is 20.2. The first-order chi connectivity index (χ1) is 17.0. The number of benzene rings is 2. The van der Waals surface area contributed by atoms with E-state index >= 15 is 0 Å². The van der Waals surface area contributed by atoms with Crippen molar-refractivity contribution in [1.82, 2.24) is 14.7 Å². The zero-order chi connectivity index (χ0) is 26.2. The molecule has 2 heterocycles. The molecule has 1 fully saturated rings. The normalized spacial score (nSPS) is 14.7. The van der Waals surface area contributed by atoms with Crippen LogP contribution in [0.4, 0.5) is 13.2 Å². The molecule has 6 nitrogen and oxygen atoms in total. The summed E-state index contributed by atoms with van der Waals surface area (Å²) >= 11 is 0. The maximum atomic E-state index is 13.1. The number of Topliss-reactive ketones (excluding diaryl/α,β-unsaturated/α-hetero) is 2. The zero-order valence-corrected chi connectivity index (χ0v) is 20.2. The lowest BCUT2D eigenvalue weighted by Gasteiger charge is -2.31. The number of nitrogens with zero attached hydrogens (tertiary/aromatic N) is 3. The fourth-order valence-electron chi connectivity index (χ4n) is 4.59. The fourth-order valence-corrected chi connectivity index (χ4v) is 4.59. The van der Waals surface area contributed by atoms with Crippen molar-refractivity contribution < 1.29 is 27.6 Å². The number of ketones is 2. The number of hydrogen-bond donors (Lipinski definition) is 0. The molecule has 0 unspecified atom stereocenters. The van der Waals surface area contributed by atoms with E-state index in [0.29, 0.717) is 18.4 Å². The fraction of sp³-hybridized carbons (Fsp3) is 0.333. The van der Waals surface area contributed by atoms with E-state index in [1.165, 1.54) is 21.7 Å². The van der Waals surface area contributed by atoms with E-state index < -0.39 is 23.4 Å². The molecule has 188 valence electrons. The van der Waals surface area contributed by atoms with Crippen LogP contribution in [0.2, 0.25) is 0 Å². The van der Waals surface area contributed by atoms with Gasteiger partial charge in [0.1, 0.15) is 0 Å². The number of alkyl halides is 3. The Kier molecular flexibility index (Phi) is 6.84. The highest BCUT2D eigenvalue weighted by Gasteiger charge is 2.34. The molecule has 0 saturated carbocycles. The number of halogens is 3. The van der Waals surface area contributed by atoms with Crippen LogP contribution in [0.15, 0.2) is 48.5 Å². The number of hydrogen-bond acceptors (Lipinski definition) is 4. The van der Waals surface area contributed by atoms with Gasteiger partial charge in [0.15, 0.2) is 5.78 Å². The van der Waals surface area contributed by atoms with E-state index in [1.54, 1.807) is 26.0 Å². The minimum Gasteiger partial charge on any atom is -0.336 e. The number of carbonyl (C=O) groups is 3. The van der Waals surface area contributed by atoms with Gasteiger partial charge in [-0.3, -0.25) is 14.4 Å². The molecule has 0 radical (unpaired) electrons. The molecule has 1 aliphatic heterocycles. The SMILES string of the molecule is Cc1ccc(C(=O)C2CCN(C(=O)C(=O)c3c(C)nn(-c4cccc(C(F)(F)F)c4)c3C)CC2)cc1. The van der Waals surface area contributed by atoms with Crippen LogP contribution >= 0.6 is 0 Å². The molecule has 0 atom stereocenters. The number of aryl methyl sites for hydroxylation is 2. The summed E-state index contributed by atoms with van der Waals surface area (Å²) in [4.78, 5) is 40.4. The summed E-state index contributed by atoms with van der Waals surface area (Å²) < 4.78 is 40.7. The summed E-state index contributed by atoms with van der Waals surface area (Å²) in [5.74, 6) is -1.65. The van der Waals surface area contributed by atoms with Gasteiger partial charge in [-0.15, -0.1) is 0 Å². The van der Waals surface area contributed by atoms with Crippen molar-refractivity contribution in [3.63, 3.8) is 0 Å². The quantitative estimate of drug-likeness (QED) is 0.362. The Labute approximate surface area is 206 Å². The average Bonchev–Trinajstić information content (AvgIpc) is 3.16. The number of piperidine rings is 1. The second-order valence-electron chi connectivity index (χ2n) is 9.13. The molecule has 36 heavy (non-hydrogen) atoms. The minimum atomic E-state index is -4.52. The summed E-state index contributed by atoms with van der Waals surface area (Å²) in [6.07, 6.45) is -3.62. The van der Waals surface area contributed by atoms with Crippen LogP contribution in [0, 0.1) is 26.7 Å². The van der Waals surface area contributed by atoms with Gasteiger partial charge in [0.05, 0.1) is 28.2 Å². The maximum Gasteiger partial charge on any atom is 0.416 e. The van der Waals surface area contributed by atoms with E-state index in [2.05, 4.69) is 5.10 Å². The molecule has 1 aliphatic rings. The van der Waals surface area contributed by atoms with Gasteiger partial charge in [-0.1, -0.05) is 35.9 Å². The van der Waals surface area contributed by atoms with Crippen molar-refractivity contribution in [2.45, 2.75) is 39.8 Å². The highest BCUT2D eigenvalue weighted by atomic mass is 19.4. The van der Waals surface area contributed by atoms with Gasteiger partial charge in [-0.25, -0.2) is 4.68 Å². The summed E-state index contributed by atoms with van der Waals surface area (Å²) in [7, 11) is 0. The molecule has 0 spiro atoms. The Hall–Kier alpha value is -3.75. The van der Waals surface area contributed by atoms with Crippen molar-refractivity contribution in [1.29, 1.82) is 0 Å². The van der Waals surface area contributed by atoms with Gasteiger partial charge < -0.3 is 4.90 Å². The Morgan fingerprint density at radius 2 is 1.58 bits per heavy atom. The Balaban J connectivity index is 1.48. The summed E-state index contributed by atoms with van der Waals surface area (Å²) in [6.45, 7) is 5.58. The Morgan fingerprint density at radius 1 is 0.944 bits per heavy atom. The molecular weight excluding hydrogens is 471 g/mol. The van der Waals surface area contributed by atoms with Crippen LogP contribution in [0.1, 0.15) is 56.1 Å². The van der Waals surface area contributed by atoms with Gasteiger partial charge in [-0.05, 0) is 51.8 Å². The average molecular weight is 498 g/mol. The predicted octanol–water partition coefficient (Wildman–Crippen LogP) is 5.12. The third-order valence-electron chi connectivity index (χ3n) is 6.62. The van der Waals surface area contributed by atoms with E-state index in [0.717, 1.165) is 17.7 Å². The number of carbonyl (C=O) groups excluding carboxylic acids is 3. The molecule has 0 N–H and O–H groups in total. The molecule has 0 bridgehead atoms. The first kappa shape index (κ1) is 25.3. The van der Waals surface area contributed by atoms with E-state index in [4.69, 9.17) is 0 Å². The summed E-state index contributed by atoms with van der Waals surface area (Å²) in [6, 6.07) is 12.0. The smallest absolute Gasteiger partial charge is 0.336 e.